The zero-order valence-electron chi connectivity index (χ0n) is 11.0. The quantitative estimate of drug-likeness (QED) is 0.901. The molecule has 1 aliphatic heterocycles. The lowest BCUT2D eigenvalue weighted by Gasteiger charge is -2.32. The van der Waals surface area contributed by atoms with E-state index in [1.165, 1.54) is 6.07 Å². The number of nitrogens with zero attached hydrogens (tertiary/aromatic N) is 1. The van der Waals surface area contributed by atoms with E-state index in [0.717, 1.165) is 31.5 Å². The molecule has 1 unspecified atom stereocenters. The maximum absolute atomic E-state index is 13.0. The van der Waals surface area contributed by atoms with Crippen molar-refractivity contribution in [1.29, 1.82) is 0 Å². The maximum atomic E-state index is 13.0. The van der Waals surface area contributed by atoms with Crippen LogP contribution in [-0.2, 0) is 4.79 Å². The summed E-state index contributed by atoms with van der Waals surface area (Å²) in [7, 11) is 0. The lowest BCUT2D eigenvalue weighted by Crippen LogP contribution is -2.46. The number of likely N-dealkylation sites (tertiary alicyclic amines) is 1. The molecule has 2 rings (SSSR count). The molecule has 1 aromatic carbocycles. The van der Waals surface area contributed by atoms with E-state index in [1.807, 2.05) is 4.90 Å². The lowest BCUT2D eigenvalue weighted by molar-refractivity contribution is -0.144. The first kappa shape index (κ1) is 14.7. The van der Waals surface area contributed by atoms with Gasteiger partial charge < -0.3 is 9.84 Å². The molecule has 1 heterocycles. The van der Waals surface area contributed by atoms with Crippen molar-refractivity contribution >= 4 is 5.97 Å². The summed E-state index contributed by atoms with van der Waals surface area (Å²) in [6, 6.07) is 2.87. The summed E-state index contributed by atoms with van der Waals surface area (Å²) in [5.74, 6) is -2.45. The molecule has 0 amide bonds. The number of carbonyl (C=O) groups is 1. The number of carboxylic acid groups (broad SMARTS) is 1. The average molecular weight is 285 g/mol. The van der Waals surface area contributed by atoms with E-state index in [2.05, 4.69) is 0 Å². The fourth-order valence-corrected chi connectivity index (χ4v) is 2.39. The number of aliphatic carboxylic acids is 1. The van der Waals surface area contributed by atoms with Crippen LogP contribution in [0, 0.1) is 11.6 Å². The van der Waals surface area contributed by atoms with E-state index in [1.54, 1.807) is 0 Å². The Kier molecular flexibility index (Phi) is 4.89. The fraction of sp³-hybridized carbons (Fsp3) is 0.500. The summed E-state index contributed by atoms with van der Waals surface area (Å²) >= 11 is 0. The zero-order valence-corrected chi connectivity index (χ0v) is 11.0. The minimum atomic E-state index is -0.955. The molecule has 4 nitrogen and oxygen atoms in total. The maximum Gasteiger partial charge on any atom is 0.320 e. The first-order valence-electron chi connectivity index (χ1n) is 6.62. The molecule has 0 aromatic heterocycles. The summed E-state index contributed by atoms with van der Waals surface area (Å²) in [5, 5.41) is 9.12. The summed E-state index contributed by atoms with van der Waals surface area (Å²) < 4.78 is 31.1. The second kappa shape index (κ2) is 6.65. The second-order valence-electron chi connectivity index (χ2n) is 4.81. The Morgan fingerprint density at radius 3 is 2.85 bits per heavy atom. The molecule has 1 saturated heterocycles. The average Bonchev–Trinajstić information content (AvgIpc) is 2.43. The Labute approximate surface area is 116 Å². The second-order valence-corrected chi connectivity index (χ2v) is 4.81. The van der Waals surface area contributed by atoms with E-state index < -0.39 is 23.6 Å². The van der Waals surface area contributed by atoms with Crippen molar-refractivity contribution < 1.29 is 23.4 Å². The normalized spacial score (nSPS) is 19.8. The molecule has 0 saturated carbocycles. The smallest absolute Gasteiger partial charge is 0.320 e. The third kappa shape index (κ3) is 3.66. The van der Waals surface area contributed by atoms with Crippen molar-refractivity contribution in [2.24, 2.45) is 0 Å². The number of carboxylic acids is 1. The Bertz CT molecular complexity index is 481. The predicted octanol–water partition coefficient (Wildman–Crippen LogP) is 2.28. The molecule has 1 aromatic rings. The van der Waals surface area contributed by atoms with Gasteiger partial charge in [-0.25, -0.2) is 8.78 Å². The predicted molar refractivity (Wildman–Crippen MR) is 68.7 cm³/mol. The van der Waals surface area contributed by atoms with E-state index in [9.17, 15) is 13.6 Å². The number of rotatable bonds is 5. The molecule has 1 N–H and O–H groups in total. The van der Waals surface area contributed by atoms with Crippen LogP contribution in [0.4, 0.5) is 8.78 Å². The number of hydrogen-bond acceptors (Lipinski definition) is 3. The minimum Gasteiger partial charge on any atom is -0.492 e. The van der Waals surface area contributed by atoms with Crippen molar-refractivity contribution in [3.05, 3.63) is 29.8 Å². The number of benzene rings is 1. The van der Waals surface area contributed by atoms with Gasteiger partial charge in [-0.1, -0.05) is 6.42 Å². The highest BCUT2D eigenvalue weighted by atomic mass is 19.2. The Hall–Kier alpha value is -1.69. The van der Waals surface area contributed by atoms with Gasteiger partial charge in [-0.2, -0.15) is 0 Å². The van der Waals surface area contributed by atoms with Gasteiger partial charge in [0.25, 0.3) is 0 Å². The van der Waals surface area contributed by atoms with E-state index in [4.69, 9.17) is 9.84 Å². The molecule has 0 radical (unpaired) electrons. The highest BCUT2D eigenvalue weighted by molar-refractivity contribution is 5.73. The van der Waals surface area contributed by atoms with Gasteiger partial charge in [0.05, 0.1) is 0 Å². The first-order valence-corrected chi connectivity index (χ1v) is 6.62. The summed E-state index contributed by atoms with van der Waals surface area (Å²) in [5.41, 5.74) is 0. The molecule has 1 aliphatic rings. The molecule has 1 atom stereocenters. The molecular formula is C14H17F2NO3. The van der Waals surface area contributed by atoms with Crippen LogP contribution in [0.5, 0.6) is 5.75 Å². The number of piperidine rings is 1. The molecule has 0 aliphatic carbocycles. The number of ether oxygens (including phenoxy) is 1. The van der Waals surface area contributed by atoms with Crippen LogP contribution in [-0.4, -0.2) is 41.7 Å². The summed E-state index contributed by atoms with van der Waals surface area (Å²) in [6.07, 6.45) is 2.52. The number of halogens is 2. The number of hydrogen-bond donors (Lipinski definition) is 1. The highest BCUT2D eigenvalue weighted by Gasteiger charge is 2.27. The largest absolute Gasteiger partial charge is 0.492 e. The van der Waals surface area contributed by atoms with Gasteiger partial charge in [-0.05, 0) is 31.5 Å². The lowest BCUT2D eigenvalue weighted by atomic mass is 10.0. The fourth-order valence-electron chi connectivity index (χ4n) is 2.39. The molecule has 6 heteroatoms. The molecule has 20 heavy (non-hydrogen) atoms. The van der Waals surface area contributed by atoms with E-state index in [-0.39, 0.29) is 12.4 Å². The molecule has 1 fully saturated rings. The third-order valence-corrected chi connectivity index (χ3v) is 3.44. The highest BCUT2D eigenvalue weighted by Crippen LogP contribution is 2.18. The van der Waals surface area contributed by atoms with Crippen LogP contribution in [0.15, 0.2) is 18.2 Å². The van der Waals surface area contributed by atoms with Crippen LogP contribution in [0.25, 0.3) is 0 Å². The third-order valence-electron chi connectivity index (χ3n) is 3.44. The van der Waals surface area contributed by atoms with Crippen molar-refractivity contribution in [2.75, 3.05) is 19.7 Å². The van der Waals surface area contributed by atoms with Gasteiger partial charge >= 0.3 is 5.97 Å². The SMILES string of the molecule is O=C(O)C1CCCCN1CCOc1ccc(F)c(F)c1. The Balaban J connectivity index is 1.85. The van der Waals surface area contributed by atoms with Crippen LogP contribution >= 0.6 is 0 Å². The topological polar surface area (TPSA) is 49.8 Å². The van der Waals surface area contributed by atoms with Gasteiger partial charge in [-0.15, -0.1) is 0 Å². The zero-order chi connectivity index (χ0) is 14.5. The van der Waals surface area contributed by atoms with Gasteiger partial charge in [0.2, 0.25) is 0 Å². The van der Waals surface area contributed by atoms with E-state index >= 15 is 0 Å². The molecule has 0 spiro atoms. The van der Waals surface area contributed by atoms with Gasteiger partial charge in [0.15, 0.2) is 11.6 Å². The first-order chi connectivity index (χ1) is 9.58. The summed E-state index contributed by atoms with van der Waals surface area (Å²) in [4.78, 5) is 13.0. The molecule has 0 bridgehead atoms. The Morgan fingerprint density at radius 2 is 2.15 bits per heavy atom. The van der Waals surface area contributed by atoms with Crippen molar-refractivity contribution in [3.8, 4) is 5.75 Å². The van der Waals surface area contributed by atoms with E-state index in [0.29, 0.717) is 13.0 Å². The molecular weight excluding hydrogens is 268 g/mol. The van der Waals surface area contributed by atoms with Crippen LogP contribution in [0.1, 0.15) is 19.3 Å². The summed E-state index contributed by atoms with van der Waals surface area (Å²) in [6.45, 7) is 1.42. The van der Waals surface area contributed by atoms with Gasteiger partial charge in [0, 0.05) is 12.6 Å². The van der Waals surface area contributed by atoms with Crippen LogP contribution in [0.3, 0.4) is 0 Å². The van der Waals surface area contributed by atoms with Crippen molar-refractivity contribution in [3.63, 3.8) is 0 Å². The van der Waals surface area contributed by atoms with Crippen LogP contribution < -0.4 is 4.74 Å². The molecule has 110 valence electrons. The van der Waals surface area contributed by atoms with Gasteiger partial charge in [-0.3, -0.25) is 9.69 Å². The van der Waals surface area contributed by atoms with Crippen molar-refractivity contribution in [2.45, 2.75) is 25.3 Å². The Morgan fingerprint density at radius 1 is 1.35 bits per heavy atom. The monoisotopic (exact) mass is 285 g/mol. The van der Waals surface area contributed by atoms with Crippen LogP contribution in [0.2, 0.25) is 0 Å². The standard InChI is InChI=1S/C14H17F2NO3/c15-11-5-4-10(9-12(11)16)20-8-7-17-6-2-1-3-13(17)14(18)19/h4-5,9,13H,1-3,6-8H2,(H,18,19). The van der Waals surface area contributed by atoms with Gasteiger partial charge in [0.1, 0.15) is 18.4 Å². The van der Waals surface area contributed by atoms with Crippen molar-refractivity contribution in [1.82, 2.24) is 4.90 Å². The minimum absolute atomic E-state index is 0.243.